The largest absolute Gasteiger partial charge is 0.394 e. The van der Waals surface area contributed by atoms with Crippen LogP contribution in [0, 0.1) is 0 Å². The summed E-state index contributed by atoms with van der Waals surface area (Å²) >= 11 is 0. The molecule has 0 radical (unpaired) electrons. The highest BCUT2D eigenvalue weighted by Gasteiger charge is 2.59. The van der Waals surface area contributed by atoms with E-state index in [4.69, 9.17) is 52.1 Å². The molecule has 456 valence electrons. The standard InChI is InChI=1S/C44H74N4O31/c1-11(55)45-21-31(65)25(59)15(5-49)70-40(21)78-37-29(63)19(9-53)73-43(32(37)66)77-36-24(48-14(4)58)42(72-18(8-52)28(36)62)79-38-30(64)20(10-54)74-44(33(38)67)76-35-23(47-13(3)57)41(71-17(7-51)27(35)61)75-34-22(46-12(2)56)39(68)69-16(6-50)26(34)60/h15-44,49-54,59-68H,5-10H2,1-4H3,(H,45,55)(H,46,56)(H,47,57)(H,48,58)/t15-,16-,17-,18-,19-,20-,21-,22-,23-,24-,25-,26+,27-,28-,29+,30+,31-,32-,33-,34-,35-,36-,37+,38+,39?,40+,41+,42+,43+,44+/m1/s1. The average molecular weight is 1160 g/mol. The second-order valence-electron chi connectivity index (χ2n) is 19.7. The Morgan fingerprint density at radius 1 is 0.304 bits per heavy atom. The Bertz CT molecular complexity index is 1990. The first-order valence-corrected chi connectivity index (χ1v) is 25.1. The summed E-state index contributed by atoms with van der Waals surface area (Å²) in [5.74, 6) is -3.26. The van der Waals surface area contributed by atoms with Gasteiger partial charge in [-0.05, 0) is 0 Å². The summed E-state index contributed by atoms with van der Waals surface area (Å²) in [6.07, 6.45) is -49.8. The van der Waals surface area contributed by atoms with Gasteiger partial charge in [0.15, 0.2) is 37.7 Å². The maximum Gasteiger partial charge on any atom is 0.217 e. The van der Waals surface area contributed by atoms with Crippen LogP contribution in [0.2, 0.25) is 0 Å². The van der Waals surface area contributed by atoms with E-state index in [0.717, 1.165) is 27.7 Å². The zero-order valence-electron chi connectivity index (χ0n) is 42.8. The second-order valence-corrected chi connectivity index (χ2v) is 19.7. The van der Waals surface area contributed by atoms with Crippen LogP contribution in [0.3, 0.4) is 0 Å². The Labute approximate surface area is 448 Å². The van der Waals surface area contributed by atoms with Gasteiger partial charge in [-0.2, -0.15) is 0 Å². The molecule has 0 bridgehead atoms. The van der Waals surface area contributed by atoms with Gasteiger partial charge in [0.1, 0.15) is 146 Å². The lowest BCUT2D eigenvalue weighted by atomic mass is 9.93. The Morgan fingerprint density at radius 2 is 0.544 bits per heavy atom. The number of aliphatic hydroxyl groups excluding tert-OH is 16. The number of rotatable bonds is 20. The molecule has 0 saturated carbocycles. The van der Waals surface area contributed by atoms with Gasteiger partial charge in [0.05, 0.1) is 39.6 Å². The quantitative estimate of drug-likeness (QED) is 0.0538. The normalized spacial score (nSPS) is 46.7. The van der Waals surface area contributed by atoms with Crippen molar-refractivity contribution in [2.45, 2.75) is 212 Å². The predicted octanol–water partition coefficient (Wildman–Crippen LogP) is -13.5. The van der Waals surface area contributed by atoms with Crippen molar-refractivity contribution >= 4 is 23.6 Å². The lowest BCUT2D eigenvalue weighted by molar-refractivity contribution is -0.382. The van der Waals surface area contributed by atoms with Gasteiger partial charge < -0.3 is 155 Å². The minimum atomic E-state index is -2.29. The summed E-state index contributed by atoms with van der Waals surface area (Å²) in [4.78, 5) is 50.0. The first-order chi connectivity index (χ1) is 37.3. The molecule has 6 aliphatic rings. The highest BCUT2D eigenvalue weighted by atomic mass is 16.8. The van der Waals surface area contributed by atoms with Crippen molar-refractivity contribution in [3.05, 3.63) is 0 Å². The van der Waals surface area contributed by atoms with Crippen LogP contribution in [0.1, 0.15) is 27.7 Å². The molecule has 0 aromatic carbocycles. The summed E-state index contributed by atoms with van der Waals surface area (Å²) in [5.41, 5.74) is 0. The van der Waals surface area contributed by atoms with Crippen molar-refractivity contribution in [2.75, 3.05) is 39.6 Å². The summed E-state index contributed by atoms with van der Waals surface area (Å²) in [5, 5.41) is 184. The number of hydrogen-bond donors (Lipinski definition) is 20. The van der Waals surface area contributed by atoms with Gasteiger partial charge >= 0.3 is 0 Å². The van der Waals surface area contributed by atoms with E-state index in [-0.39, 0.29) is 0 Å². The highest BCUT2D eigenvalue weighted by molar-refractivity contribution is 5.74. The predicted molar refractivity (Wildman–Crippen MR) is 246 cm³/mol. The summed E-state index contributed by atoms with van der Waals surface area (Å²) < 4.78 is 64.0. The first-order valence-electron chi connectivity index (χ1n) is 25.1. The molecule has 35 heteroatoms. The summed E-state index contributed by atoms with van der Waals surface area (Å²) in [6.45, 7) is -1.82. The van der Waals surface area contributed by atoms with Gasteiger partial charge in [0.25, 0.3) is 0 Å². The van der Waals surface area contributed by atoms with Gasteiger partial charge in [0, 0.05) is 27.7 Å². The number of amides is 4. The molecule has 0 spiro atoms. The molecule has 20 N–H and O–H groups in total. The number of nitrogens with one attached hydrogen (secondary N) is 4. The topological polar surface area (TPSA) is 542 Å². The van der Waals surface area contributed by atoms with E-state index in [0.29, 0.717) is 0 Å². The van der Waals surface area contributed by atoms with Crippen LogP contribution in [0.5, 0.6) is 0 Å². The van der Waals surface area contributed by atoms with Crippen LogP contribution in [-0.4, -0.2) is 329 Å². The molecule has 0 aromatic heterocycles. The van der Waals surface area contributed by atoms with Crippen LogP contribution in [0.4, 0.5) is 0 Å². The molecule has 4 amide bonds. The van der Waals surface area contributed by atoms with Crippen LogP contribution in [0.25, 0.3) is 0 Å². The highest BCUT2D eigenvalue weighted by Crippen LogP contribution is 2.37. The molecule has 0 aromatic rings. The molecule has 0 aliphatic carbocycles. The van der Waals surface area contributed by atoms with Crippen LogP contribution in [-0.2, 0) is 71.3 Å². The number of hydrogen-bond acceptors (Lipinski definition) is 31. The van der Waals surface area contributed by atoms with E-state index in [9.17, 15) is 101 Å². The van der Waals surface area contributed by atoms with Crippen LogP contribution < -0.4 is 21.3 Å². The maximum absolute atomic E-state index is 12.9. The zero-order valence-corrected chi connectivity index (χ0v) is 42.8. The number of carbonyl (C=O) groups excluding carboxylic acids is 4. The smallest absolute Gasteiger partial charge is 0.217 e. The number of carbonyl (C=O) groups is 4. The third kappa shape index (κ3) is 14.6. The minimum absolute atomic E-state index is 0.750. The Kier molecular flexibility index (Phi) is 23.3. The fraction of sp³-hybridized carbons (Fsp3) is 0.909. The third-order valence-electron chi connectivity index (χ3n) is 14.0. The minimum Gasteiger partial charge on any atom is -0.394 e. The maximum atomic E-state index is 12.9. The number of aliphatic hydroxyl groups is 16. The fourth-order valence-electron chi connectivity index (χ4n) is 10.1. The molecule has 6 rings (SSSR count). The van der Waals surface area contributed by atoms with E-state index < -0.39 is 247 Å². The van der Waals surface area contributed by atoms with Gasteiger partial charge in [-0.25, -0.2) is 0 Å². The number of ether oxygens (including phenoxy) is 11. The molecule has 6 fully saturated rings. The molecule has 6 aliphatic heterocycles. The molecule has 6 heterocycles. The molecular formula is C44H74N4O31. The van der Waals surface area contributed by atoms with Gasteiger partial charge in [-0.15, -0.1) is 0 Å². The van der Waals surface area contributed by atoms with E-state index in [2.05, 4.69) is 21.3 Å². The molecule has 79 heavy (non-hydrogen) atoms. The van der Waals surface area contributed by atoms with Crippen molar-refractivity contribution in [3.8, 4) is 0 Å². The van der Waals surface area contributed by atoms with Crippen LogP contribution >= 0.6 is 0 Å². The Morgan fingerprint density at radius 3 is 0.886 bits per heavy atom. The molecule has 1 unspecified atom stereocenters. The van der Waals surface area contributed by atoms with E-state index in [1.54, 1.807) is 0 Å². The van der Waals surface area contributed by atoms with Crippen molar-refractivity contribution < 1.29 is 153 Å². The lowest BCUT2D eigenvalue weighted by Crippen LogP contribution is -2.71. The van der Waals surface area contributed by atoms with Gasteiger partial charge in [-0.3, -0.25) is 19.2 Å². The van der Waals surface area contributed by atoms with Crippen LogP contribution in [0.15, 0.2) is 0 Å². The Hall–Kier alpha value is -3.20. The lowest BCUT2D eigenvalue weighted by Gasteiger charge is -2.51. The molecule has 6 saturated heterocycles. The van der Waals surface area contributed by atoms with E-state index in [1.165, 1.54) is 0 Å². The summed E-state index contributed by atoms with van der Waals surface area (Å²) in [6, 6.07) is -6.79. The Balaban J connectivity index is 1.29. The van der Waals surface area contributed by atoms with Crippen molar-refractivity contribution in [2.24, 2.45) is 0 Å². The second kappa shape index (κ2) is 28.4. The zero-order chi connectivity index (χ0) is 58.5. The van der Waals surface area contributed by atoms with E-state index in [1.807, 2.05) is 0 Å². The first kappa shape index (κ1) is 65.0. The fourth-order valence-corrected chi connectivity index (χ4v) is 10.1. The average Bonchev–Trinajstić information content (AvgIpc) is 3.45. The van der Waals surface area contributed by atoms with Gasteiger partial charge in [0.2, 0.25) is 23.6 Å². The van der Waals surface area contributed by atoms with Crippen molar-refractivity contribution in [1.29, 1.82) is 0 Å². The molecular weight excluding hydrogens is 1080 g/mol. The van der Waals surface area contributed by atoms with E-state index >= 15 is 0 Å². The summed E-state index contributed by atoms with van der Waals surface area (Å²) in [7, 11) is 0. The van der Waals surface area contributed by atoms with Crippen molar-refractivity contribution in [3.63, 3.8) is 0 Å². The van der Waals surface area contributed by atoms with Crippen molar-refractivity contribution in [1.82, 2.24) is 21.3 Å². The molecule has 30 atom stereocenters. The molecule has 35 nitrogen and oxygen atoms in total. The SMILES string of the molecule is CC(=O)N[C@H]1[C@H](O[C@H]2[C@@H](O)[C@@H](CO)O[C@@H](O[C@H]3[C@H](O)[C@@H](CO)O[C@@H](O[C@H]4[C@@H](O)[C@@H](CO)O[C@@H](O[C@H]5[C@H](O)[C@@H](CO)O[C@@H](O[C@H]6[C@@H](O)[C@@H](CO)OC(O)[C@@H]6NC(C)=O)[C@@H]5NC(C)=O)[C@@H]4O)[C@@H]3NC(C)=O)[C@@H]2O)O[C@H](CO)[C@@H](O)[C@@H]1O. The monoisotopic (exact) mass is 1150 g/mol. The van der Waals surface area contributed by atoms with Gasteiger partial charge in [-0.1, -0.05) is 0 Å². The third-order valence-corrected chi connectivity index (χ3v) is 14.0.